The van der Waals surface area contributed by atoms with Crippen molar-refractivity contribution in [3.8, 4) is 0 Å². The van der Waals surface area contributed by atoms with Gasteiger partial charge in [0.05, 0.1) is 31.6 Å². The van der Waals surface area contributed by atoms with Crippen molar-refractivity contribution in [3.63, 3.8) is 0 Å². The summed E-state index contributed by atoms with van der Waals surface area (Å²) >= 11 is 15.0. The average molecular weight is 634 g/mol. The van der Waals surface area contributed by atoms with Crippen LogP contribution in [0.1, 0.15) is 35.6 Å². The Morgan fingerprint density at radius 1 is 1.00 bits per heavy atom. The maximum Gasteiger partial charge on any atom is 0.308 e. The monoisotopic (exact) mass is 632 g/mol. The number of thioether (sulfide) groups is 1. The number of imide groups is 1. The van der Waals surface area contributed by atoms with Gasteiger partial charge in [0.15, 0.2) is 0 Å². The van der Waals surface area contributed by atoms with Gasteiger partial charge in [0.25, 0.3) is 5.69 Å². The van der Waals surface area contributed by atoms with Gasteiger partial charge in [-0.25, -0.2) is 4.90 Å². The number of halogens is 2. The number of hydrogen-bond donors (Lipinski definition) is 0. The molecule has 212 valence electrons. The number of nitro groups is 1. The van der Waals surface area contributed by atoms with E-state index in [2.05, 4.69) is 0 Å². The van der Waals surface area contributed by atoms with Crippen molar-refractivity contribution in [2.45, 2.75) is 42.0 Å². The molecule has 0 aliphatic carbocycles. The molecule has 2 saturated heterocycles. The van der Waals surface area contributed by atoms with E-state index in [1.165, 1.54) is 28.8 Å². The summed E-state index contributed by atoms with van der Waals surface area (Å²) in [7, 11) is 0. The molecule has 3 aliphatic heterocycles. The first-order valence-electron chi connectivity index (χ1n) is 12.9. The van der Waals surface area contributed by atoms with Gasteiger partial charge in [-0.3, -0.25) is 33.9 Å². The minimum absolute atomic E-state index is 0.167. The molecule has 0 bridgehead atoms. The highest BCUT2D eigenvalue weighted by Crippen LogP contribution is 2.55. The Bertz CT molecular complexity index is 1650. The molecule has 2 unspecified atom stereocenters. The molecule has 3 aliphatic rings. The lowest BCUT2D eigenvalue weighted by molar-refractivity contribution is -0.384. The number of aromatic nitrogens is 1. The quantitative estimate of drug-likeness (QED) is 0.222. The molecule has 0 N–H and O–H groups in total. The van der Waals surface area contributed by atoms with Crippen molar-refractivity contribution >= 4 is 75.4 Å². The van der Waals surface area contributed by atoms with Crippen LogP contribution < -0.4 is 9.77 Å². The second-order valence-corrected chi connectivity index (χ2v) is 12.9. The summed E-state index contributed by atoms with van der Waals surface area (Å²) in [5, 5.41) is 11.1. The van der Waals surface area contributed by atoms with E-state index >= 15 is 0 Å². The number of likely N-dealkylation sites (tertiary alicyclic amines) is 1. The first-order chi connectivity index (χ1) is 19.7. The Balaban J connectivity index is 1.45. The van der Waals surface area contributed by atoms with Crippen LogP contribution in [-0.4, -0.2) is 50.5 Å². The lowest BCUT2D eigenvalue weighted by atomic mass is 9.83. The van der Waals surface area contributed by atoms with Gasteiger partial charge in [0.2, 0.25) is 17.7 Å². The molecule has 0 radical (unpaired) electrons. The minimum Gasteiger partial charge on any atom is -0.341 e. The number of rotatable bonds is 5. The van der Waals surface area contributed by atoms with Crippen molar-refractivity contribution < 1.29 is 19.3 Å². The van der Waals surface area contributed by atoms with E-state index in [-0.39, 0.29) is 38.7 Å². The van der Waals surface area contributed by atoms with Crippen molar-refractivity contribution in [2.75, 3.05) is 18.0 Å². The van der Waals surface area contributed by atoms with Gasteiger partial charge >= 0.3 is 4.87 Å². The van der Waals surface area contributed by atoms with Gasteiger partial charge in [-0.05, 0) is 43.0 Å². The zero-order valence-electron chi connectivity index (χ0n) is 21.3. The van der Waals surface area contributed by atoms with Gasteiger partial charge in [0, 0.05) is 36.0 Å². The number of piperidine rings is 1. The highest BCUT2D eigenvalue weighted by atomic mass is 35.5. The number of thiazole rings is 1. The molecule has 14 heteroatoms. The second kappa shape index (κ2) is 10.9. The Labute approximate surface area is 252 Å². The molecule has 3 amide bonds. The third-order valence-corrected chi connectivity index (χ3v) is 11.1. The summed E-state index contributed by atoms with van der Waals surface area (Å²) in [6.45, 7) is 1.10. The number of nitro benzene ring substituents is 1. The molecule has 41 heavy (non-hydrogen) atoms. The third kappa shape index (κ3) is 4.76. The van der Waals surface area contributed by atoms with Crippen LogP contribution in [0.15, 0.2) is 52.3 Å². The predicted molar refractivity (Wildman–Crippen MR) is 156 cm³/mol. The fourth-order valence-corrected chi connectivity index (χ4v) is 8.90. The van der Waals surface area contributed by atoms with Crippen LogP contribution in [0.25, 0.3) is 0 Å². The summed E-state index contributed by atoms with van der Waals surface area (Å²) in [5.74, 6) is -2.89. The average Bonchev–Trinajstić information content (AvgIpc) is 3.41. The molecule has 2 aromatic carbocycles. The Kier molecular flexibility index (Phi) is 7.43. The molecule has 3 atom stereocenters. The van der Waals surface area contributed by atoms with E-state index < -0.39 is 33.8 Å². The molecule has 4 heterocycles. The smallest absolute Gasteiger partial charge is 0.308 e. The number of nitrogens with zero attached hydrogens (tertiary/aromatic N) is 4. The number of amides is 3. The zero-order valence-corrected chi connectivity index (χ0v) is 24.5. The van der Waals surface area contributed by atoms with E-state index in [1.807, 2.05) is 0 Å². The first kappa shape index (κ1) is 28.0. The van der Waals surface area contributed by atoms with Crippen LogP contribution >= 0.6 is 46.3 Å². The lowest BCUT2D eigenvalue weighted by Crippen LogP contribution is -2.39. The van der Waals surface area contributed by atoms with Crippen molar-refractivity contribution in [1.29, 1.82) is 0 Å². The van der Waals surface area contributed by atoms with Gasteiger partial charge in [-0.1, -0.05) is 58.4 Å². The number of carbonyl (C=O) groups excluding carboxylic acids is 3. The molecule has 1 aromatic heterocycles. The van der Waals surface area contributed by atoms with Crippen molar-refractivity contribution in [2.24, 2.45) is 5.92 Å². The summed E-state index contributed by atoms with van der Waals surface area (Å²) in [6.07, 6.45) is 2.87. The molecule has 0 spiro atoms. The summed E-state index contributed by atoms with van der Waals surface area (Å²) in [5.41, 5.74) is 0.531. The van der Waals surface area contributed by atoms with Crippen LogP contribution in [-0.2, 0) is 20.9 Å². The molecule has 6 rings (SSSR count). The van der Waals surface area contributed by atoms with E-state index in [4.69, 9.17) is 23.2 Å². The second-order valence-electron chi connectivity index (χ2n) is 10.0. The standard InChI is InChI=1S/C27H22Cl2N4O6S2/c28-17-6-4-5-16(21(17)29)19-20-22(25(36)32(24(20)35)14-7-9-15(10-8-14)33(38)39)40-26-23(19)41-27(37)31(26)13-18(34)30-11-2-1-3-12-30/h4-10,19-20,22H,1-3,11-13H2/t19-,20?,22?/m1/s1. The van der Waals surface area contributed by atoms with E-state index in [1.54, 1.807) is 23.1 Å². The summed E-state index contributed by atoms with van der Waals surface area (Å²) in [4.78, 5) is 67.8. The lowest BCUT2D eigenvalue weighted by Gasteiger charge is -2.31. The van der Waals surface area contributed by atoms with E-state index in [9.17, 15) is 29.3 Å². The third-order valence-electron chi connectivity index (χ3n) is 7.69. The van der Waals surface area contributed by atoms with Gasteiger partial charge in [-0.2, -0.15) is 0 Å². The predicted octanol–water partition coefficient (Wildman–Crippen LogP) is 4.93. The number of non-ortho nitro benzene ring substituents is 1. The number of benzene rings is 2. The van der Waals surface area contributed by atoms with E-state index in [0.717, 1.165) is 47.3 Å². The molecule has 2 fully saturated rings. The topological polar surface area (TPSA) is 123 Å². The maximum absolute atomic E-state index is 14.0. The summed E-state index contributed by atoms with van der Waals surface area (Å²) < 4.78 is 1.40. The first-order valence-corrected chi connectivity index (χ1v) is 15.4. The summed E-state index contributed by atoms with van der Waals surface area (Å²) in [6, 6.07) is 10.2. The van der Waals surface area contributed by atoms with Crippen LogP contribution in [0.4, 0.5) is 11.4 Å². The highest BCUT2D eigenvalue weighted by Gasteiger charge is 2.57. The fraction of sp³-hybridized carbons (Fsp3) is 0.333. The Hall–Kier alpha value is -3.19. The molecule has 10 nitrogen and oxygen atoms in total. The molecular formula is C27H22Cl2N4O6S2. The van der Waals surface area contributed by atoms with Gasteiger partial charge in [-0.15, -0.1) is 0 Å². The molecule has 0 saturated carbocycles. The SMILES string of the molecule is O=C(Cn1c2c(sc1=O)[C@H](c1cccc(Cl)c1Cl)C1C(=O)N(c3ccc([N+](=O)[O-])cc3)C(=O)C1S2)N1CCCCC1. The number of hydrogen-bond acceptors (Lipinski definition) is 8. The Morgan fingerprint density at radius 3 is 2.39 bits per heavy atom. The zero-order chi connectivity index (χ0) is 29.0. The number of fused-ring (bicyclic) bond motifs is 2. The van der Waals surface area contributed by atoms with Crippen LogP contribution in [0.3, 0.4) is 0 Å². The Morgan fingerprint density at radius 2 is 1.71 bits per heavy atom. The molecule has 3 aromatic rings. The normalized spacial score (nSPS) is 22.0. The number of anilines is 1. The highest BCUT2D eigenvalue weighted by molar-refractivity contribution is 8.00. The van der Waals surface area contributed by atoms with Crippen molar-refractivity contribution in [3.05, 3.63) is 82.7 Å². The maximum atomic E-state index is 14.0. The minimum atomic E-state index is -0.921. The van der Waals surface area contributed by atoms with Crippen LogP contribution in [0, 0.1) is 16.0 Å². The van der Waals surface area contributed by atoms with Gasteiger partial charge < -0.3 is 4.90 Å². The van der Waals surface area contributed by atoms with Crippen LogP contribution in [0.5, 0.6) is 0 Å². The largest absolute Gasteiger partial charge is 0.341 e. The van der Waals surface area contributed by atoms with Gasteiger partial charge in [0.1, 0.15) is 11.8 Å². The molecular weight excluding hydrogens is 611 g/mol. The van der Waals surface area contributed by atoms with Crippen molar-refractivity contribution in [1.82, 2.24) is 9.47 Å². The number of carbonyl (C=O) groups is 3. The van der Waals surface area contributed by atoms with E-state index in [0.29, 0.717) is 28.6 Å². The van der Waals surface area contributed by atoms with Crippen LogP contribution in [0.2, 0.25) is 10.0 Å². The fourth-order valence-electron chi connectivity index (χ4n) is 5.71.